The molecule has 5 heteroatoms. The van der Waals surface area contributed by atoms with Gasteiger partial charge < -0.3 is 9.64 Å². The summed E-state index contributed by atoms with van der Waals surface area (Å²) in [4.78, 5) is 13.0. The average molecular weight is 309 g/mol. The number of hydrogen-bond donors (Lipinski definition) is 0. The summed E-state index contributed by atoms with van der Waals surface area (Å²) in [6, 6.07) is 0. The van der Waals surface area contributed by atoms with E-state index < -0.39 is 24.0 Å². The van der Waals surface area contributed by atoms with E-state index in [-0.39, 0.29) is 12.5 Å². The van der Waals surface area contributed by atoms with Crippen LogP contribution in [0.25, 0.3) is 0 Å². The predicted molar refractivity (Wildman–Crippen MR) is 83.8 cm³/mol. The Morgan fingerprint density at radius 3 is 1.95 bits per heavy atom. The van der Waals surface area contributed by atoms with Gasteiger partial charge in [-0.3, -0.25) is 0 Å². The van der Waals surface area contributed by atoms with Gasteiger partial charge in [0.15, 0.2) is 0 Å². The summed E-state index contributed by atoms with van der Waals surface area (Å²) in [6.07, 6.45) is -1.62. The first-order chi connectivity index (χ1) is 9.62. The number of carbonyl (C=O) groups is 1. The van der Waals surface area contributed by atoms with Crippen LogP contribution in [0.15, 0.2) is 0 Å². The minimum Gasteiger partial charge on any atom is -0.444 e. The summed E-state index contributed by atoms with van der Waals surface area (Å²) in [7, 11) is 0. The molecule has 0 aliphatic carbocycles. The highest BCUT2D eigenvalue weighted by molar-refractivity contribution is 5.68. The van der Waals surface area contributed by atoms with Crippen LogP contribution < -0.4 is 0 Å². The zero-order valence-corrected chi connectivity index (χ0v) is 14.9. The molecule has 0 aromatic carbocycles. The Morgan fingerprint density at radius 1 is 1.24 bits per heavy atom. The van der Waals surface area contributed by atoms with Crippen LogP contribution in [-0.4, -0.2) is 36.1 Å². The first kappa shape index (κ1) is 22.4. The predicted octanol–water partition coefficient (Wildman–Crippen LogP) is 5.20. The van der Waals surface area contributed by atoms with Crippen LogP contribution in [0.2, 0.25) is 0 Å². The number of likely N-dealkylation sites (tertiary alicyclic amines) is 1. The van der Waals surface area contributed by atoms with Crippen LogP contribution in [0.4, 0.5) is 13.6 Å². The van der Waals surface area contributed by atoms with Gasteiger partial charge in [-0.2, -0.15) is 0 Å². The maximum absolute atomic E-state index is 12.6. The van der Waals surface area contributed by atoms with E-state index in [2.05, 4.69) is 13.8 Å². The van der Waals surface area contributed by atoms with Crippen LogP contribution >= 0.6 is 0 Å². The van der Waals surface area contributed by atoms with Gasteiger partial charge in [-0.15, -0.1) is 0 Å². The Bertz CT molecular complexity index is 278. The Balaban J connectivity index is 0. The second kappa shape index (κ2) is 10.8. The van der Waals surface area contributed by atoms with Gasteiger partial charge in [-0.25, -0.2) is 13.6 Å². The third kappa shape index (κ3) is 9.64. The number of nitrogens with zero attached hydrogens (tertiary/aromatic N) is 1. The van der Waals surface area contributed by atoms with E-state index in [1.165, 1.54) is 11.3 Å². The van der Waals surface area contributed by atoms with Crippen LogP contribution in [0.3, 0.4) is 0 Å². The topological polar surface area (TPSA) is 29.5 Å². The summed E-state index contributed by atoms with van der Waals surface area (Å²) < 4.78 is 30.3. The van der Waals surface area contributed by atoms with Gasteiger partial charge in [0, 0.05) is 19.0 Å². The van der Waals surface area contributed by atoms with E-state index in [0.717, 1.165) is 0 Å². The molecule has 0 aromatic rings. The van der Waals surface area contributed by atoms with Crippen LogP contribution in [0.1, 0.15) is 61.8 Å². The smallest absolute Gasteiger partial charge is 0.410 e. The molecule has 1 amide bonds. The number of rotatable bonds is 1. The van der Waals surface area contributed by atoms with Crippen molar-refractivity contribution in [1.82, 2.24) is 4.90 Å². The molecule has 0 aromatic heterocycles. The molecule has 0 spiro atoms. The molecule has 0 radical (unpaired) electrons. The van der Waals surface area contributed by atoms with Crippen molar-refractivity contribution in [3.8, 4) is 0 Å². The molecule has 0 saturated carbocycles. The maximum atomic E-state index is 12.6. The fraction of sp³-hybridized carbons (Fsp3) is 0.938. The lowest BCUT2D eigenvalue weighted by molar-refractivity contribution is 0.0254. The Labute approximate surface area is 129 Å². The third-order valence-electron chi connectivity index (χ3n) is 2.65. The van der Waals surface area contributed by atoms with Crippen LogP contribution in [0.5, 0.6) is 0 Å². The monoisotopic (exact) mass is 309 g/mol. The molecular weight excluding hydrogens is 276 g/mol. The van der Waals surface area contributed by atoms with Crippen LogP contribution in [-0.2, 0) is 4.74 Å². The first-order valence-corrected chi connectivity index (χ1v) is 7.88. The summed E-state index contributed by atoms with van der Waals surface area (Å²) in [5, 5.41) is 0. The lowest BCUT2D eigenvalue weighted by Crippen LogP contribution is -2.35. The number of halogens is 2. The summed E-state index contributed by atoms with van der Waals surface area (Å²) in [6.45, 7) is 15.7. The van der Waals surface area contributed by atoms with Crippen molar-refractivity contribution in [1.29, 1.82) is 0 Å². The van der Waals surface area contributed by atoms with Crippen molar-refractivity contribution < 1.29 is 18.3 Å². The van der Waals surface area contributed by atoms with Gasteiger partial charge in [0.25, 0.3) is 0 Å². The van der Waals surface area contributed by atoms with E-state index >= 15 is 0 Å². The number of alkyl halides is 2. The largest absolute Gasteiger partial charge is 0.444 e. The highest BCUT2D eigenvalue weighted by Crippen LogP contribution is 2.29. The van der Waals surface area contributed by atoms with Crippen molar-refractivity contribution in [3.05, 3.63) is 0 Å². The van der Waals surface area contributed by atoms with E-state index in [9.17, 15) is 13.6 Å². The molecule has 128 valence electrons. The number of amides is 1. The quantitative estimate of drug-likeness (QED) is 0.666. The zero-order valence-electron chi connectivity index (χ0n) is 14.9. The Morgan fingerprint density at radius 2 is 1.67 bits per heavy atom. The van der Waals surface area contributed by atoms with Gasteiger partial charge >= 0.3 is 6.09 Å². The lowest BCUT2D eigenvalue weighted by atomic mass is 9.99. The zero-order chi connectivity index (χ0) is 17.2. The molecule has 3 nitrogen and oxygen atoms in total. The molecule has 1 aliphatic rings. The highest BCUT2D eigenvalue weighted by Gasteiger charge is 2.39. The number of carbonyl (C=O) groups excluding carboxylic acids is 1. The molecule has 0 N–H and O–H groups in total. The standard InChI is InChI=1S/C11H19F2NO2.C3H8.C2H6/c1-7-5-14(6-8(7)9(12)13)10(15)16-11(2,3)4;1-3-2;1-2/h7-9H,5-6H2,1-4H3;3H2,1-2H3;1-2H3. The molecular formula is C16H33F2NO2. The minimum atomic E-state index is -2.37. The molecule has 1 heterocycles. The van der Waals surface area contributed by atoms with Gasteiger partial charge in [0.1, 0.15) is 5.60 Å². The Kier molecular flexibility index (Phi) is 11.5. The highest BCUT2D eigenvalue weighted by atomic mass is 19.3. The lowest BCUT2D eigenvalue weighted by Gasteiger charge is -2.24. The third-order valence-corrected chi connectivity index (χ3v) is 2.65. The summed E-state index contributed by atoms with van der Waals surface area (Å²) in [5.41, 5.74) is -0.580. The second-order valence-electron chi connectivity index (χ2n) is 6.07. The van der Waals surface area contributed by atoms with E-state index in [1.54, 1.807) is 27.7 Å². The molecule has 1 aliphatic heterocycles. The molecule has 1 saturated heterocycles. The van der Waals surface area contributed by atoms with E-state index in [4.69, 9.17) is 4.74 Å². The summed E-state index contributed by atoms with van der Waals surface area (Å²) in [5.74, 6) is -0.903. The molecule has 1 fully saturated rings. The number of ether oxygens (including phenoxy) is 1. The van der Waals surface area contributed by atoms with Gasteiger partial charge in [0.2, 0.25) is 6.43 Å². The van der Waals surface area contributed by atoms with Crippen molar-refractivity contribution in [2.75, 3.05) is 13.1 Å². The van der Waals surface area contributed by atoms with Gasteiger partial charge in [-0.1, -0.05) is 41.0 Å². The molecule has 1 rings (SSSR count). The van der Waals surface area contributed by atoms with E-state index in [0.29, 0.717) is 6.54 Å². The van der Waals surface area contributed by atoms with Crippen molar-refractivity contribution >= 4 is 6.09 Å². The van der Waals surface area contributed by atoms with Crippen molar-refractivity contribution in [2.24, 2.45) is 11.8 Å². The average Bonchev–Trinajstić information content (AvgIpc) is 2.73. The normalized spacial score (nSPS) is 21.2. The molecule has 2 unspecified atom stereocenters. The first-order valence-electron chi connectivity index (χ1n) is 7.88. The maximum Gasteiger partial charge on any atom is 0.410 e. The van der Waals surface area contributed by atoms with Gasteiger partial charge in [0.05, 0.1) is 0 Å². The minimum absolute atomic E-state index is 0.0910. The summed E-state index contributed by atoms with van der Waals surface area (Å²) >= 11 is 0. The number of hydrogen-bond acceptors (Lipinski definition) is 2. The van der Waals surface area contributed by atoms with Crippen molar-refractivity contribution in [3.63, 3.8) is 0 Å². The molecule has 2 atom stereocenters. The fourth-order valence-corrected chi connectivity index (χ4v) is 1.80. The van der Waals surface area contributed by atoms with E-state index in [1.807, 2.05) is 13.8 Å². The van der Waals surface area contributed by atoms with Crippen LogP contribution in [0, 0.1) is 11.8 Å². The SMILES string of the molecule is CC.CC1CN(C(=O)OC(C)(C)C)CC1C(F)F.CCC. The molecule has 21 heavy (non-hydrogen) atoms. The van der Waals surface area contributed by atoms with Gasteiger partial charge in [-0.05, 0) is 26.7 Å². The second-order valence-corrected chi connectivity index (χ2v) is 6.07. The molecule has 0 bridgehead atoms. The fourth-order valence-electron chi connectivity index (χ4n) is 1.80. The van der Waals surface area contributed by atoms with Crippen molar-refractivity contribution in [2.45, 2.75) is 73.8 Å². The Hall–Kier alpha value is -0.870.